The van der Waals surface area contributed by atoms with E-state index in [0.29, 0.717) is 5.57 Å². The number of ketones is 2. The number of hydrogen-bond donors (Lipinski definition) is 0. The number of hydrogen-bond acceptors (Lipinski definition) is 5. The molecule has 0 aliphatic heterocycles. The number of esters is 1. The molecule has 0 unspecified atom stereocenters. The van der Waals surface area contributed by atoms with Crippen LogP contribution in [0.1, 0.15) is 46.1 Å². The van der Waals surface area contributed by atoms with E-state index in [1.807, 2.05) is 0 Å². The molecule has 5 nitrogen and oxygen atoms in total. The molecule has 0 N–H and O–H groups in total. The number of carbonyl (C=O) groups is 3. The third-order valence-corrected chi connectivity index (χ3v) is 2.73. The molecule has 94 valence electrons. The van der Waals surface area contributed by atoms with E-state index in [2.05, 4.69) is 0 Å². The lowest BCUT2D eigenvalue weighted by Crippen LogP contribution is -2.22. The molecule has 0 radical (unpaired) electrons. The molecule has 1 aromatic rings. The Bertz CT molecular complexity index is 589. The molecule has 0 aromatic carbocycles. The first-order valence-electron chi connectivity index (χ1n) is 5.55. The van der Waals surface area contributed by atoms with Crippen LogP contribution in [0.3, 0.4) is 0 Å². The molecule has 1 aliphatic rings. The highest BCUT2D eigenvalue weighted by atomic mass is 16.5. The summed E-state index contributed by atoms with van der Waals surface area (Å²) in [5, 5.41) is 0. The smallest absolute Gasteiger partial charge is 0.342 e. The van der Waals surface area contributed by atoms with Crippen LogP contribution in [-0.4, -0.2) is 24.1 Å². The minimum absolute atomic E-state index is 0.0153. The van der Waals surface area contributed by atoms with Gasteiger partial charge in [0.2, 0.25) is 11.6 Å². The number of ether oxygens (including phenoxy) is 1. The molecule has 1 heterocycles. The molecular weight excluding hydrogens is 236 g/mol. The average Bonchev–Trinajstić information content (AvgIpc) is 2.63. The molecule has 0 atom stereocenters. The normalized spacial score (nSPS) is 14.3. The van der Waals surface area contributed by atoms with Crippen LogP contribution in [0, 0.1) is 6.92 Å². The Kier molecular flexibility index (Phi) is 2.90. The minimum Gasteiger partial charge on any atom is -0.462 e. The van der Waals surface area contributed by atoms with Gasteiger partial charge in [0.1, 0.15) is 17.1 Å². The first kappa shape index (κ1) is 12.3. The molecule has 1 aliphatic carbocycles. The Labute approximate surface area is 103 Å². The van der Waals surface area contributed by atoms with Crippen LogP contribution in [-0.2, 0) is 9.53 Å². The Morgan fingerprint density at radius 3 is 2.56 bits per heavy atom. The Balaban J connectivity index is 2.63. The van der Waals surface area contributed by atoms with Crippen molar-refractivity contribution in [1.29, 1.82) is 0 Å². The predicted octanol–water partition coefficient (Wildman–Crippen LogP) is 1.93. The van der Waals surface area contributed by atoms with Crippen molar-refractivity contribution in [2.75, 3.05) is 6.61 Å². The van der Waals surface area contributed by atoms with Crippen LogP contribution in [0.4, 0.5) is 0 Å². The van der Waals surface area contributed by atoms with E-state index in [1.54, 1.807) is 13.8 Å². The van der Waals surface area contributed by atoms with Crippen LogP contribution < -0.4 is 0 Å². The lowest BCUT2D eigenvalue weighted by molar-refractivity contribution is -0.111. The molecule has 2 rings (SSSR count). The van der Waals surface area contributed by atoms with Gasteiger partial charge in [0, 0.05) is 5.57 Å². The number of allylic oxidation sites excluding steroid dienone is 1. The number of Topliss-reactive ketones (excluding diaryl/α,β-unsaturated/α-hetero) is 2. The second-order valence-corrected chi connectivity index (χ2v) is 3.98. The number of furan rings is 1. The summed E-state index contributed by atoms with van der Waals surface area (Å²) >= 11 is 0. The van der Waals surface area contributed by atoms with Crippen LogP contribution in [0.15, 0.2) is 9.99 Å². The van der Waals surface area contributed by atoms with E-state index < -0.39 is 17.5 Å². The van der Waals surface area contributed by atoms with E-state index in [9.17, 15) is 14.4 Å². The van der Waals surface area contributed by atoms with Crippen molar-refractivity contribution < 1.29 is 23.5 Å². The lowest BCUT2D eigenvalue weighted by Gasteiger charge is -2.07. The van der Waals surface area contributed by atoms with Gasteiger partial charge in [0.25, 0.3) is 0 Å². The van der Waals surface area contributed by atoms with E-state index in [4.69, 9.17) is 9.15 Å². The summed E-state index contributed by atoms with van der Waals surface area (Å²) in [5.74, 6) is -1.45. The topological polar surface area (TPSA) is 73.6 Å². The van der Waals surface area contributed by atoms with Crippen LogP contribution in [0.25, 0.3) is 6.08 Å². The fraction of sp³-hybridized carbons (Fsp3) is 0.308. The summed E-state index contributed by atoms with van der Waals surface area (Å²) in [6.45, 7) is 4.95. The van der Waals surface area contributed by atoms with Gasteiger partial charge < -0.3 is 9.15 Å². The molecule has 0 saturated heterocycles. The van der Waals surface area contributed by atoms with Crippen molar-refractivity contribution in [1.82, 2.24) is 0 Å². The van der Waals surface area contributed by atoms with E-state index in [-0.39, 0.29) is 29.3 Å². The summed E-state index contributed by atoms with van der Waals surface area (Å²) < 4.78 is 10.2. The summed E-state index contributed by atoms with van der Waals surface area (Å²) in [4.78, 5) is 35.3. The molecular formula is C13H12O5. The van der Waals surface area contributed by atoms with E-state index >= 15 is 0 Å². The average molecular weight is 248 g/mol. The highest BCUT2D eigenvalue weighted by Gasteiger charge is 2.35. The standard InChI is InChI=1S/C13H12O5/c1-4-17-13(16)9-7(3)18-8-5-6(2)11(14)12(15)10(8)9/h5H,4H2,1-3H3. The maximum absolute atomic E-state index is 11.9. The van der Waals surface area contributed by atoms with Gasteiger partial charge in [0.15, 0.2) is 0 Å². The van der Waals surface area contributed by atoms with Crippen molar-refractivity contribution in [2.45, 2.75) is 20.8 Å². The first-order chi connectivity index (χ1) is 8.47. The Morgan fingerprint density at radius 2 is 1.94 bits per heavy atom. The van der Waals surface area contributed by atoms with Crippen LogP contribution >= 0.6 is 0 Å². The van der Waals surface area contributed by atoms with Crippen molar-refractivity contribution in [2.24, 2.45) is 0 Å². The lowest BCUT2D eigenvalue weighted by atomic mass is 9.93. The van der Waals surface area contributed by atoms with E-state index in [0.717, 1.165) is 0 Å². The Morgan fingerprint density at radius 1 is 1.28 bits per heavy atom. The summed E-state index contributed by atoms with van der Waals surface area (Å²) in [7, 11) is 0. The van der Waals surface area contributed by atoms with Gasteiger partial charge in [-0.3, -0.25) is 9.59 Å². The molecule has 0 saturated carbocycles. The van der Waals surface area contributed by atoms with Gasteiger partial charge >= 0.3 is 5.97 Å². The zero-order chi connectivity index (χ0) is 13.4. The highest BCUT2D eigenvalue weighted by molar-refractivity contribution is 6.52. The zero-order valence-electron chi connectivity index (χ0n) is 10.3. The molecule has 18 heavy (non-hydrogen) atoms. The molecule has 1 aromatic heterocycles. The third-order valence-electron chi connectivity index (χ3n) is 2.73. The first-order valence-corrected chi connectivity index (χ1v) is 5.55. The van der Waals surface area contributed by atoms with E-state index in [1.165, 1.54) is 13.0 Å². The number of carbonyl (C=O) groups excluding carboxylic acids is 3. The number of rotatable bonds is 2. The quantitative estimate of drug-likeness (QED) is 0.590. The maximum Gasteiger partial charge on any atom is 0.342 e. The SMILES string of the molecule is CCOC(=O)c1c(C)oc2c1C(=O)C(=O)C(C)=C2. The van der Waals surface area contributed by atoms with Crippen molar-refractivity contribution >= 4 is 23.6 Å². The summed E-state index contributed by atoms with van der Waals surface area (Å²) in [6.07, 6.45) is 1.47. The Hall–Kier alpha value is -2.17. The van der Waals surface area contributed by atoms with Crippen LogP contribution in [0.2, 0.25) is 0 Å². The van der Waals surface area contributed by atoms with Crippen LogP contribution in [0.5, 0.6) is 0 Å². The monoisotopic (exact) mass is 248 g/mol. The molecule has 0 amide bonds. The fourth-order valence-electron chi connectivity index (χ4n) is 1.90. The largest absolute Gasteiger partial charge is 0.462 e. The van der Waals surface area contributed by atoms with Gasteiger partial charge in [-0.25, -0.2) is 4.79 Å². The molecule has 5 heteroatoms. The van der Waals surface area contributed by atoms with Gasteiger partial charge in [-0.15, -0.1) is 0 Å². The van der Waals surface area contributed by atoms with Gasteiger partial charge in [-0.1, -0.05) is 0 Å². The molecule has 0 fully saturated rings. The van der Waals surface area contributed by atoms with Crippen molar-refractivity contribution in [3.8, 4) is 0 Å². The van der Waals surface area contributed by atoms with Gasteiger partial charge in [-0.2, -0.15) is 0 Å². The molecule has 0 spiro atoms. The van der Waals surface area contributed by atoms with Crippen molar-refractivity contribution in [3.63, 3.8) is 0 Å². The fourth-order valence-corrected chi connectivity index (χ4v) is 1.90. The maximum atomic E-state index is 11.9. The number of fused-ring (bicyclic) bond motifs is 1. The third kappa shape index (κ3) is 1.68. The summed E-state index contributed by atoms with van der Waals surface area (Å²) in [6, 6.07) is 0. The zero-order valence-corrected chi connectivity index (χ0v) is 10.3. The second-order valence-electron chi connectivity index (χ2n) is 3.98. The van der Waals surface area contributed by atoms with Crippen molar-refractivity contribution in [3.05, 3.63) is 28.2 Å². The molecule has 0 bridgehead atoms. The van der Waals surface area contributed by atoms with Gasteiger partial charge in [0.05, 0.1) is 12.2 Å². The second kappa shape index (κ2) is 4.25. The highest BCUT2D eigenvalue weighted by Crippen LogP contribution is 2.30. The predicted molar refractivity (Wildman–Crippen MR) is 62.4 cm³/mol. The van der Waals surface area contributed by atoms with Gasteiger partial charge in [-0.05, 0) is 26.8 Å². The number of aryl methyl sites for hydroxylation is 1. The summed E-state index contributed by atoms with van der Waals surface area (Å²) in [5.41, 5.74) is 0.368. The minimum atomic E-state index is -0.718.